The van der Waals surface area contributed by atoms with Gasteiger partial charge in [-0.15, -0.1) is 0 Å². The van der Waals surface area contributed by atoms with E-state index in [0.29, 0.717) is 5.92 Å². The first-order valence-corrected chi connectivity index (χ1v) is 5.57. The Morgan fingerprint density at radius 2 is 1.93 bits per heavy atom. The Labute approximate surface area is 85.9 Å². The lowest BCUT2D eigenvalue weighted by molar-refractivity contribution is -0.141. The van der Waals surface area contributed by atoms with Crippen molar-refractivity contribution in [2.45, 2.75) is 45.1 Å². The Kier molecular flexibility index (Phi) is 4.39. The van der Waals surface area contributed by atoms with Gasteiger partial charge in [0.25, 0.3) is 0 Å². The summed E-state index contributed by atoms with van der Waals surface area (Å²) in [5.74, 6) is 0.126. The van der Waals surface area contributed by atoms with Gasteiger partial charge in [-0.05, 0) is 18.9 Å². The van der Waals surface area contributed by atoms with Crippen LogP contribution in [0.3, 0.4) is 0 Å². The molecule has 0 aliphatic heterocycles. The first-order chi connectivity index (χ1) is 6.66. The largest absolute Gasteiger partial charge is 0.480 e. The van der Waals surface area contributed by atoms with Crippen molar-refractivity contribution < 1.29 is 9.90 Å². The van der Waals surface area contributed by atoms with E-state index in [4.69, 9.17) is 5.11 Å². The molecule has 0 aromatic heterocycles. The molecule has 0 amide bonds. The van der Waals surface area contributed by atoms with Crippen molar-refractivity contribution in [2.24, 2.45) is 11.8 Å². The van der Waals surface area contributed by atoms with Gasteiger partial charge in [0.2, 0.25) is 0 Å². The molecule has 0 bridgehead atoms. The van der Waals surface area contributed by atoms with E-state index in [9.17, 15) is 4.79 Å². The summed E-state index contributed by atoms with van der Waals surface area (Å²) in [7, 11) is 1.73. The van der Waals surface area contributed by atoms with E-state index in [-0.39, 0.29) is 12.0 Å². The summed E-state index contributed by atoms with van der Waals surface area (Å²) in [4.78, 5) is 11.0. The Bertz CT molecular complexity index is 188. The fourth-order valence-electron chi connectivity index (χ4n) is 2.54. The normalized spacial score (nSPS) is 23.0. The predicted octanol–water partition coefficient (Wildman–Crippen LogP) is 1.88. The summed E-state index contributed by atoms with van der Waals surface area (Å²) in [5, 5.41) is 11.9. The molecule has 0 heterocycles. The number of carboxylic acid groups (broad SMARTS) is 1. The highest BCUT2D eigenvalue weighted by atomic mass is 16.4. The van der Waals surface area contributed by atoms with E-state index in [1.54, 1.807) is 7.05 Å². The van der Waals surface area contributed by atoms with E-state index in [1.807, 2.05) is 0 Å². The van der Waals surface area contributed by atoms with Crippen molar-refractivity contribution in [1.82, 2.24) is 5.32 Å². The molecule has 82 valence electrons. The Morgan fingerprint density at radius 1 is 1.36 bits per heavy atom. The van der Waals surface area contributed by atoms with E-state index in [0.717, 1.165) is 0 Å². The van der Waals surface area contributed by atoms with Crippen molar-refractivity contribution in [3.05, 3.63) is 0 Å². The molecule has 1 rings (SSSR count). The molecule has 0 aromatic rings. The number of carboxylic acids is 1. The predicted molar refractivity (Wildman–Crippen MR) is 56.2 cm³/mol. The summed E-state index contributed by atoms with van der Waals surface area (Å²) in [6, 6.07) is -0.377. The van der Waals surface area contributed by atoms with E-state index in [2.05, 4.69) is 12.2 Å². The maximum absolute atomic E-state index is 11.0. The van der Waals surface area contributed by atoms with Crippen LogP contribution in [0.2, 0.25) is 0 Å². The molecule has 3 heteroatoms. The van der Waals surface area contributed by atoms with E-state index >= 15 is 0 Å². The quantitative estimate of drug-likeness (QED) is 0.726. The lowest BCUT2D eigenvalue weighted by atomic mass is 9.77. The third kappa shape index (κ3) is 2.71. The number of aliphatic carboxylic acids is 1. The van der Waals surface area contributed by atoms with Crippen molar-refractivity contribution in [3.63, 3.8) is 0 Å². The van der Waals surface area contributed by atoms with Crippen LogP contribution < -0.4 is 5.32 Å². The summed E-state index contributed by atoms with van der Waals surface area (Å²) < 4.78 is 0. The molecular weight excluding hydrogens is 178 g/mol. The second kappa shape index (κ2) is 5.35. The van der Waals surface area contributed by atoms with Gasteiger partial charge < -0.3 is 10.4 Å². The number of likely N-dealkylation sites (N-methyl/N-ethyl adjacent to an activating group) is 1. The molecule has 2 N–H and O–H groups in total. The smallest absolute Gasteiger partial charge is 0.320 e. The number of rotatable bonds is 4. The van der Waals surface area contributed by atoms with Gasteiger partial charge >= 0.3 is 5.97 Å². The van der Waals surface area contributed by atoms with Crippen LogP contribution in [0.1, 0.15) is 39.0 Å². The van der Waals surface area contributed by atoms with Crippen LogP contribution >= 0.6 is 0 Å². The van der Waals surface area contributed by atoms with Crippen LogP contribution in [0.5, 0.6) is 0 Å². The zero-order valence-corrected chi connectivity index (χ0v) is 9.12. The van der Waals surface area contributed by atoms with E-state index in [1.165, 1.54) is 32.1 Å². The van der Waals surface area contributed by atoms with Gasteiger partial charge in [0, 0.05) is 0 Å². The highest BCUT2D eigenvalue weighted by Gasteiger charge is 2.30. The Morgan fingerprint density at radius 3 is 2.36 bits per heavy atom. The summed E-state index contributed by atoms with van der Waals surface area (Å²) in [6.07, 6.45) is 6.26. The molecular formula is C11H21NO2. The molecule has 14 heavy (non-hydrogen) atoms. The molecule has 2 atom stereocenters. The average Bonchev–Trinajstić information content (AvgIpc) is 2.19. The molecule has 2 unspecified atom stereocenters. The van der Waals surface area contributed by atoms with Gasteiger partial charge in [-0.25, -0.2) is 0 Å². The minimum atomic E-state index is -0.717. The van der Waals surface area contributed by atoms with Crippen molar-refractivity contribution >= 4 is 5.97 Å². The average molecular weight is 199 g/mol. The highest BCUT2D eigenvalue weighted by Crippen LogP contribution is 2.31. The summed E-state index contributed by atoms with van der Waals surface area (Å²) >= 11 is 0. The fourth-order valence-corrected chi connectivity index (χ4v) is 2.54. The van der Waals surface area contributed by atoms with Gasteiger partial charge in [0.15, 0.2) is 0 Å². The Hall–Kier alpha value is -0.570. The molecule has 1 aliphatic rings. The molecule has 3 nitrogen and oxygen atoms in total. The number of carbonyl (C=O) groups is 1. The monoisotopic (exact) mass is 199 g/mol. The second-order valence-electron chi connectivity index (χ2n) is 4.36. The summed E-state index contributed by atoms with van der Waals surface area (Å²) in [5.41, 5.74) is 0. The molecule has 1 saturated carbocycles. The molecule has 0 radical (unpaired) electrons. The van der Waals surface area contributed by atoms with Gasteiger partial charge in [-0.3, -0.25) is 4.79 Å². The first-order valence-electron chi connectivity index (χ1n) is 5.57. The van der Waals surface area contributed by atoms with Gasteiger partial charge in [-0.1, -0.05) is 39.0 Å². The second-order valence-corrected chi connectivity index (χ2v) is 4.36. The van der Waals surface area contributed by atoms with E-state index < -0.39 is 5.97 Å². The molecule has 0 aromatic carbocycles. The standard InChI is InChI=1S/C11H21NO2/c1-8(10(12-2)11(13)14)9-6-4-3-5-7-9/h8-10,12H,3-7H2,1-2H3,(H,13,14). The topological polar surface area (TPSA) is 49.3 Å². The van der Waals surface area contributed by atoms with Crippen LogP contribution in [0.4, 0.5) is 0 Å². The van der Waals surface area contributed by atoms with Crippen LogP contribution in [0.15, 0.2) is 0 Å². The molecule has 0 saturated heterocycles. The van der Waals surface area contributed by atoms with Gasteiger partial charge in [0.1, 0.15) is 6.04 Å². The molecule has 0 spiro atoms. The maximum Gasteiger partial charge on any atom is 0.320 e. The van der Waals surface area contributed by atoms with Crippen LogP contribution in [-0.2, 0) is 4.79 Å². The maximum atomic E-state index is 11.0. The minimum Gasteiger partial charge on any atom is -0.480 e. The molecule has 1 aliphatic carbocycles. The van der Waals surface area contributed by atoms with Crippen LogP contribution in [0.25, 0.3) is 0 Å². The highest BCUT2D eigenvalue weighted by molar-refractivity contribution is 5.73. The third-order valence-electron chi connectivity index (χ3n) is 3.50. The van der Waals surface area contributed by atoms with Crippen LogP contribution in [-0.4, -0.2) is 24.2 Å². The lowest BCUT2D eigenvalue weighted by Crippen LogP contribution is -2.43. The minimum absolute atomic E-state index is 0.248. The summed E-state index contributed by atoms with van der Waals surface area (Å²) in [6.45, 7) is 2.06. The van der Waals surface area contributed by atoms with Crippen molar-refractivity contribution in [1.29, 1.82) is 0 Å². The zero-order chi connectivity index (χ0) is 10.6. The fraction of sp³-hybridized carbons (Fsp3) is 0.909. The van der Waals surface area contributed by atoms with Crippen LogP contribution in [0, 0.1) is 11.8 Å². The number of hydrogen-bond donors (Lipinski definition) is 2. The third-order valence-corrected chi connectivity index (χ3v) is 3.50. The van der Waals surface area contributed by atoms with Gasteiger partial charge in [-0.2, -0.15) is 0 Å². The molecule has 1 fully saturated rings. The lowest BCUT2D eigenvalue weighted by Gasteiger charge is -2.31. The van der Waals surface area contributed by atoms with Crippen molar-refractivity contribution in [3.8, 4) is 0 Å². The van der Waals surface area contributed by atoms with Crippen molar-refractivity contribution in [2.75, 3.05) is 7.05 Å². The number of hydrogen-bond acceptors (Lipinski definition) is 2. The zero-order valence-electron chi connectivity index (χ0n) is 9.12. The first kappa shape index (κ1) is 11.5. The Balaban J connectivity index is 2.51. The van der Waals surface area contributed by atoms with Gasteiger partial charge in [0.05, 0.1) is 0 Å². The SMILES string of the molecule is CNC(C(=O)O)C(C)C1CCCCC1. The number of nitrogens with one attached hydrogen (secondary N) is 1.